The summed E-state index contributed by atoms with van der Waals surface area (Å²) in [4.78, 5) is 10.5. The number of halogens is 1. The minimum atomic E-state index is -1.14. The average Bonchev–Trinajstić information content (AvgIpc) is 2.81. The molecule has 2 rings (SSSR count). The molecular formula is C13H11ClN3NaO2S-. The van der Waals surface area contributed by atoms with Crippen molar-refractivity contribution >= 4 is 58.9 Å². The van der Waals surface area contributed by atoms with E-state index in [9.17, 15) is 9.90 Å². The molecule has 0 amide bonds. The second kappa shape index (κ2) is 8.60. The smallest absolute Gasteiger partial charge is 0.192 e. The summed E-state index contributed by atoms with van der Waals surface area (Å²) in [6, 6.07) is 7.19. The average molecular weight is 332 g/mol. The van der Waals surface area contributed by atoms with Gasteiger partial charge in [-0.25, -0.2) is 0 Å². The van der Waals surface area contributed by atoms with Crippen LogP contribution in [0.4, 0.5) is 0 Å². The SMILES string of the molecule is C=CCn1c(SCC(=O)[O-])nnc1-c1ccc(Cl)cc1.[Na]. The van der Waals surface area contributed by atoms with Gasteiger partial charge >= 0.3 is 0 Å². The largest absolute Gasteiger partial charge is 0.549 e. The van der Waals surface area contributed by atoms with Gasteiger partial charge in [0.25, 0.3) is 0 Å². The minimum absolute atomic E-state index is 0. The van der Waals surface area contributed by atoms with Crippen molar-refractivity contribution in [2.24, 2.45) is 0 Å². The Balaban J connectivity index is 0.00000220. The summed E-state index contributed by atoms with van der Waals surface area (Å²) in [5.74, 6) is -0.672. The molecule has 1 heterocycles. The van der Waals surface area contributed by atoms with Crippen LogP contribution < -0.4 is 5.11 Å². The van der Waals surface area contributed by atoms with Crippen molar-refractivity contribution in [3.63, 3.8) is 0 Å². The quantitative estimate of drug-likeness (QED) is 0.452. The van der Waals surface area contributed by atoms with Gasteiger partial charge in [0.2, 0.25) is 0 Å². The Morgan fingerprint density at radius 1 is 1.38 bits per heavy atom. The third-order valence-corrected chi connectivity index (χ3v) is 3.64. The predicted octanol–water partition coefficient (Wildman–Crippen LogP) is 1.25. The van der Waals surface area contributed by atoms with E-state index in [2.05, 4.69) is 16.8 Å². The van der Waals surface area contributed by atoms with Crippen LogP contribution >= 0.6 is 23.4 Å². The number of hydrogen-bond acceptors (Lipinski definition) is 5. The Hall–Kier alpha value is -0.790. The predicted molar refractivity (Wildman–Crippen MR) is 82.2 cm³/mol. The maximum atomic E-state index is 10.5. The maximum absolute atomic E-state index is 10.5. The van der Waals surface area contributed by atoms with Crippen LogP contribution in [0.3, 0.4) is 0 Å². The molecule has 1 radical (unpaired) electrons. The van der Waals surface area contributed by atoms with Crippen molar-refractivity contribution in [2.45, 2.75) is 11.7 Å². The van der Waals surface area contributed by atoms with E-state index < -0.39 is 5.97 Å². The molecule has 1 aromatic carbocycles. The fraction of sp³-hybridized carbons (Fsp3) is 0.154. The molecule has 0 fully saturated rings. The molecule has 0 aliphatic carbocycles. The van der Waals surface area contributed by atoms with Crippen LogP contribution in [-0.4, -0.2) is 56.0 Å². The van der Waals surface area contributed by atoms with Gasteiger partial charge in [-0.05, 0) is 24.3 Å². The molecular weight excluding hydrogens is 321 g/mol. The van der Waals surface area contributed by atoms with Crippen molar-refractivity contribution in [2.75, 3.05) is 5.75 Å². The van der Waals surface area contributed by atoms with Gasteiger partial charge in [-0.2, -0.15) is 0 Å². The van der Waals surface area contributed by atoms with Gasteiger partial charge in [0, 0.05) is 52.4 Å². The van der Waals surface area contributed by atoms with Gasteiger partial charge in [-0.15, -0.1) is 16.8 Å². The van der Waals surface area contributed by atoms with E-state index in [1.165, 1.54) is 0 Å². The van der Waals surface area contributed by atoms with E-state index >= 15 is 0 Å². The van der Waals surface area contributed by atoms with Crippen LogP contribution in [-0.2, 0) is 11.3 Å². The molecule has 0 unspecified atom stereocenters. The first-order chi connectivity index (χ1) is 9.61. The van der Waals surface area contributed by atoms with Crippen LogP contribution in [0.25, 0.3) is 11.4 Å². The first kappa shape index (κ1) is 18.3. The molecule has 0 N–H and O–H groups in total. The number of aromatic nitrogens is 3. The summed E-state index contributed by atoms with van der Waals surface area (Å²) in [6.45, 7) is 4.17. The molecule has 2 aromatic rings. The summed E-state index contributed by atoms with van der Waals surface area (Å²) >= 11 is 6.92. The number of aliphatic carboxylic acids is 1. The monoisotopic (exact) mass is 331 g/mol. The number of benzene rings is 1. The summed E-state index contributed by atoms with van der Waals surface area (Å²) in [5.41, 5.74) is 0.851. The Morgan fingerprint density at radius 2 is 2.05 bits per heavy atom. The fourth-order valence-corrected chi connectivity index (χ4v) is 2.41. The van der Waals surface area contributed by atoms with Gasteiger partial charge in [0.05, 0.1) is 5.97 Å². The number of carbonyl (C=O) groups excluding carboxylic acids is 1. The van der Waals surface area contributed by atoms with E-state index in [4.69, 9.17) is 11.6 Å². The van der Waals surface area contributed by atoms with Gasteiger partial charge in [0.1, 0.15) is 0 Å². The van der Waals surface area contributed by atoms with Crippen molar-refractivity contribution < 1.29 is 9.90 Å². The molecule has 1 aromatic heterocycles. The van der Waals surface area contributed by atoms with Crippen LogP contribution in [0, 0.1) is 0 Å². The van der Waals surface area contributed by atoms with Crippen molar-refractivity contribution in [3.8, 4) is 11.4 Å². The molecule has 5 nitrogen and oxygen atoms in total. The molecule has 0 aliphatic rings. The number of nitrogens with zero attached hydrogens (tertiary/aromatic N) is 3. The number of hydrogen-bond donors (Lipinski definition) is 0. The van der Waals surface area contributed by atoms with Gasteiger partial charge in [-0.3, -0.25) is 4.57 Å². The van der Waals surface area contributed by atoms with Gasteiger partial charge in [0.15, 0.2) is 11.0 Å². The maximum Gasteiger partial charge on any atom is 0.192 e. The third-order valence-electron chi connectivity index (χ3n) is 2.45. The number of rotatable bonds is 6. The summed E-state index contributed by atoms with van der Waals surface area (Å²) < 4.78 is 1.80. The molecule has 0 aliphatic heterocycles. The molecule has 0 saturated carbocycles. The Labute approximate surface area is 153 Å². The first-order valence-corrected chi connectivity index (χ1v) is 7.11. The molecule has 21 heavy (non-hydrogen) atoms. The van der Waals surface area contributed by atoms with Crippen LogP contribution in [0.5, 0.6) is 0 Å². The third kappa shape index (κ3) is 4.86. The van der Waals surface area contributed by atoms with E-state index in [1.54, 1.807) is 22.8 Å². The van der Waals surface area contributed by atoms with Crippen molar-refractivity contribution in [3.05, 3.63) is 41.9 Å². The number of allylic oxidation sites excluding steroid dienone is 1. The Bertz CT molecular complexity index is 631. The van der Waals surface area contributed by atoms with Crippen molar-refractivity contribution in [1.82, 2.24) is 14.8 Å². The van der Waals surface area contributed by atoms with Crippen LogP contribution in [0.1, 0.15) is 0 Å². The normalized spacial score (nSPS) is 9.95. The molecule has 0 spiro atoms. The number of thioether (sulfide) groups is 1. The molecule has 0 saturated heterocycles. The number of carbonyl (C=O) groups is 1. The van der Waals surface area contributed by atoms with Crippen molar-refractivity contribution in [1.29, 1.82) is 0 Å². The van der Waals surface area contributed by atoms with Gasteiger partial charge in [-0.1, -0.05) is 29.4 Å². The molecule has 105 valence electrons. The Kier molecular flexibility index (Phi) is 7.48. The zero-order chi connectivity index (χ0) is 14.5. The summed E-state index contributed by atoms with van der Waals surface area (Å²) in [5, 5.41) is 19.8. The topological polar surface area (TPSA) is 70.8 Å². The first-order valence-electron chi connectivity index (χ1n) is 5.74. The second-order valence-electron chi connectivity index (χ2n) is 3.87. The number of carboxylic acids is 1. The molecule has 0 bridgehead atoms. The standard InChI is InChI=1S/C13H12ClN3O2S.Na/c1-2-7-17-12(9-3-5-10(14)6-4-9)15-16-13(17)20-8-11(18)19;/h2-6H,1,7-8H2,(H,18,19);/p-1. The van der Waals surface area contributed by atoms with Crippen LogP contribution in [0.15, 0.2) is 42.1 Å². The zero-order valence-corrected chi connectivity index (χ0v) is 15.0. The molecule has 8 heteroatoms. The minimum Gasteiger partial charge on any atom is -0.549 e. The van der Waals surface area contributed by atoms with Crippen LogP contribution in [0.2, 0.25) is 5.02 Å². The molecule has 0 atom stereocenters. The van der Waals surface area contributed by atoms with E-state index in [-0.39, 0.29) is 35.3 Å². The summed E-state index contributed by atoms with van der Waals surface area (Å²) in [7, 11) is 0. The Morgan fingerprint density at radius 3 is 2.62 bits per heavy atom. The van der Waals surface area contributed by atoms with Gasteiger partial charge < -0.3 is 9.90 Å². The second-order valence-corrected chi connectivity index (χ2v) is 5.25. The summed E-state index contributed by atoms with van der Waals surface area (Å²) in [6.07, 6.45) is 1.70. The van der Waals surface area contributed by atoms with E-state index in [1.807, 2.05) is 12.1 Å². The van der Waals surface area contributed by atoms with E-state index in [0.717, 1.165) is 17.3 Å². The fourth-order valence-electron chi connectivity index (χ4n) is 1.63. The number of carboxylic acid groups (broad SMARTS) is 1. The zero-order valence-electron chi connectivity index (χ0n) is 11.5. The van der Waals surface area contributed by atoms with E-state index in [0.29, 0.717) is 22.5 Å².